The average molecular weight is 273 g/mol. The smallest absolute Gasteiger partial charge is 0.323 e. The van der Waals surface area contributed by atoms with E-state index in [9.17, 15) is 4.79 Å². The SMILES string of the molecule is O=C1NC[C@H](C2CC2)N1c1cc(Cl)nc(Cl)n1. The molecule has 0 aromatic carbocycles. The first kappa shape index (κ1) is 11.0. The summed E-state index contributed by atoms with van der Waals surface area (Å²) in [6, 6.07) is 1.57. The molecule has 7 heteroatoms. The van der Waals surface area contributed by atoms with Crippen molar-refractivity contribution in [2.24, 2.45) is 5.92 Å². The molecule has 1 aromatic rings. The van der Waals surface area contributed by atoms with E-state index in [-0.39, 0.29) is 22.5 Å². The van der Waals surface area contributed by atoms with Crippen LogP contribution in [0.1, 0.15) is 12.8 Å². The van der Waals surface area contributed by atoms with Crippen LogP contribution in [0.25, 0.3) is 0 Å². The van der Waals surface area contributed by atoms with Crippen LogP contribution >= 0.6 is 23.2 Å². The van der Waals surface area contributed by atoms with Crippen LogP contribution in [0.2, 0.25) is 10.4 Å². The van der Waals surface area contributed by atoms with Crippen LogP contribution in [0, 0.1) is 5.92 Å². The minimum atomic E-state index is -0.146. The zero-order chi connectivity index (χ0) is 12.0. The molecule has 2 fully saturated rings. The van der Waals surface area contributed by atoms with Crippen molar-refractivity contribution in [2.45, 2.75) is 18.9 Å². The topological polar surface area (TPSA) is 58.1 Å². The molecule has 1 saturated carbocycles. The van der Waals surface area contributed by atoms with Gasteiger partial charge in [-0.05, 0) is 30.4 Å². The van der Waals surface area contributed by atoms with Crippen LogP contribution in [-0.4, -0.2) is 28.6 Å². The number of amides is 2. The standard InChI is InChI=1S/C10H10Cl2N4O/c11-7-3-8(15-9(12)14-7)16-6(5-1-2-5)4-13-10(16)17/h3,5-6H,1-2,4H2,(H,13,17)/t6-/m1/s1. The quantitative estimate of drug-likeness (QED) is 0.663. The van der Waals surface area contributed by atoms with E-state index < -0.39 is 0 Å². The third kappa shape index (κ3) is 2.05. The molecule has 2 heterocycles. The maximum Gasteiger partial charge on any atom is 0.323 e. The van der Waals surface area contributed by atoms with Gasteiger partial charge in [0.15, 0.2) is 0 Å². The minimum Gasteiger partial charge on any atom is -0.336 e. The Labute approximate surface area is 108 Å². The van der Waals surface area contributed by atoms with Gasteiger partial charge in [-0.15, -0.1) is 0 Å². The van der Waals surface area contributed by atoms with Crippen molar-refractivity contribution in [3.8, 4) is 0 Å². The number of urea groups is 1. The Morgan fingerprint density at radius 1 is 1.35 bits per heavy atom. The van der Waals surface area contributed by atoms with Gasteiger partial charge in [0.2, 0.25) is 5.28 Å². The number of anilines is 1. The average Bonchev–Trinajstić information content (AvgIpc) is 3.01. The summed E-state index contributed by atoms with van der Waals surface area (Å²) in [7, 11) is 0. The Balaban J connectivity index is 1.97. The van der Waals surface area contributed by atoms with Crippen molar-refractivity contribution in [1.82, 2.24) is 15.3 Å². The Kier molecular flexibility index (Phi) is 2.60. The minimum absolute atomic E-state index is 0.0572. The fraction of sp³-hybridized carbons (Fsp3) is 0.500. The molecule has 1 N–H and O–H groups in total. The summed E-state index contributed by atoms with van der Waals surface area (Å²) >= 11 is 11.6. The van der Waals surface area contributed by atoms with Gasteiger partial charge in [-0.3, -0.25) is 4.90 Å². The maximum atomic E-state index is 11.8. The molecule has 0 radical (unpaired) electrons. The number of hydrogen-bond acceptors (Lipinski definition) is 3. The second-order valence-corrected chi connectivity index (χ2v) is 5.00. The molecule has 2 aliphatic rings. The van der Waals surface area contributed by atoms with E-state index in [0.29, 0.717) is 18.3 Å². The number of aromatic nitrogens is 2. The number of hydrogen-bond donors (Lipinski definition) is 1. The Morgan fingerprint density at radius 3 is 2.76 bits per heavy atom. The van der Waals surface area contributed by atoms with Gasteiger partial charge in [-0.2, -0.15) is 0 Å². The van der Waals surface area contributed by atoms with Crippen LogP contribution < -0.4 is 10.2 Å². The van der Waals surface area contributed by atoms with Crippen LogP contribution in [0.4, 0.5) is 10.6 Å². The highest BCUT2D eigenvalue weighted by molar-refractivity contribution is 6.32. The molecule has 17 heavy (non-hydrogen) atoms. The Morgan fingerprint density at radius 2 is 2.12 bits per heavy atom. The second kappa shape index (κ2) is 3.99. The number of nitrogens with zero attached hydrogens (tertiary/aromatic N) is 3. The number of carbonyl (C=O) groups is 1. The summed E-state index contributed by atoms with van der Waals surface area (Å²) in [6.07, 6.45) is 2.31. The highest BCUT2D eigenvalue weighted by Gasteiger charge is 2.43. The molecule has 0 bridgehead atoms. The monoisotopic (exact) mass is 272 g/mol. The first-order valence-corrected chi connectivity index (χ1v) is 6.18. The lowest BCUT2D eigenvalue weighted by molar-refractivity contribution is 0.251. The maximum absolute atomic E-state index is 11.8. The Bertz CT molecular complexity index is 457. The van der Waals surface area contributed by atoms with Crippen LogP contribution in [0.3, 0.4) is 0 Å². The molecule has 1 saturated heterocycles. The van der Waals surface area contributed by atoms with Gasteiger partial charge in [0, 0.05) is 12.6 Å². The third-order valence-corrected chi connectivity index (χ3v) is 3.44. The van der Waals surface area contributed by atoms with Gasteiger partial charge in [-0.25, -0.2) is 14.8 Å². The number of carbonyl (C=O) groups excluding carboxylic acids is 1. The predicted molar refractivity (Wildman–Crippen MR) is 64.4 cm³/mol. The zero-order valence-corrected chi connectivity index (χ0v) is 10.4. The second-order valence-electron chi connectivity index (χ2n) is 4.28. The first-order valence-electron chi connectivity index (χ1n) is 5.42. The molecule has 0 unspecified atom stereocenters. The fourth-order valence-electron chi connectivity index (χ4n) is 2.15. The largest absolute Gasteiger partial charge is 0.336 e. The molecular weight excluding hydrogens is 263 g/mol. The van der Waals surface area contributed by atoms with Gasteiger partial charge >= 0.3 is 6.03 Å². The van der Waals surface area contributed by atoms with Crippen molar-refractivity contribution in [1.29, 1.82) is 0 Å². The Hall–Kier alpha value is -1.07. The lowest BCUT2D eigenvalue weighted by Gasteiger charge is -2.21. The molecule has 1 aliphatic heterocycles. The summed E-state index contributed by atoms with van der Waals surface area (Å²) in [5.41, 5.74) is 0. The van der Waals surface area contributed by atoms with Crippen molar-refractivity contribution >= 4 is 35.1 Å². The van der Waals surface area contributed by atoms with Gasteiger partial charge in [0.1, 0.15) is 11.0 Å². The summed E-state index contributed by atoms with van der Waals surface area (Å²) < 4.78 is 0. The van der Waals surface area contributed by atoms with Crippen LogP contribution in [0.5, 0.6) is 0 Å². The summed E-state index contributed by atoms with van der Waals surface area (Å²) in [5.74, 6) is 1.03. The number of halogens is 2. The van der Waals surface area contributed by atoms with Crippen molar-refractivity contribution in [3.63, 3.8) is 0 Å². The van der Waals surface area contributed by atoms with E-state index >= 15 is 0 Å². The molecule has 1 aliphatic carbocycles. The third-order valence-electron chi connectivity index (χ3n) is 3.08. The van der Waals surface area contributed by atoms with E-state index in [1.54, 1.807) is 11.0 Å². The van der Waals surface area contributed by atoms with Crippen molar-refractivity contribution in [3.05, 3.63) is 16.5 Å². The van der Waals surface area contributed by atoms with E-state index in [1.165, 1.54) is 0 Å². The fourth-order valence-corrected chi connectivity index (χ4v) is 2.55. The highest BCUT2D eigenvalue weighted by Crippen LogP contribution is 2.38. The van der Waals surface area contributed by atoms with Crippen LogP contribution in [-0.2, 0) is 0 Å². The first-order chi connectivity index (χ1) is 8.15. The normalized spacial score (nSPS) is 24.0. The summed E-state index contributed by atoms with van der Waals surface area (Å²) in [6.45, 7) is 0.655. The molecule has 90 valence electrons. The van der Waals surface area contributed by atoms with Crippen molar-refractivity contribution in [2.75, 3.05) is 11.4 Å². The van der Waals surface area contributed by atoms with E-state index in [2.05, 4.69) is 15.3 Å². The van der Waals surface area contributed by atoms with Gasteiger partial charge in [-0.1, -0.05) is 11.6 Å². The molecule has 3 rings (SSSR count). The van der Waals surface area contributed by atoms with E-state index in [0.717, 1.165) is 12.8 Å². The van der Waals surface area contributed by atoms with Gasteiger partial charge in [0.25, 0.3) is 0 Å². The molecular formula is C10H10Cl2N4O. The summed E-state index contributed by atoms with van der Waals surface area (Å²) in [4.78, 5) is 21.3. The molecule has 2 amide bonds. The van der Waals surface area contributed by atoms with Crippen LogP contribution in [0.15, 0.2) is 6.07 Å². The lowest BCUT2D eigenvalue weighted by atomic mass is 10.2. The highest BCUT2D eigenvalue weighted by atomic mass is 35.5. The molecule has 5 nitrogen and oxygen atoms in total. The lowest BCUT2D eigenvalue weighted by Crippen LogP contribution is -2.36. The van der Waals surface area contributed by atoms with Gasteiger partial charge < -0.3 is 5.32 Å². The predicted octanol–water partition coefficient (Wildman–Crippen LogP) is 2.09. The number of nitrogens with one attached hydrogen (secondary N) is 1. The molecule has 1 atom stereocenters. The zero-order valence-electron chi connectivity index (χ0n) is 8.86. The van der Waals surface area contributed by atoms with E-state index in [4.69, 9.17) is 23.2 Å². The van der Waals surface area contributed by atoms with E-state index in [1.807, 2.05) is 0 Å². The number of rotatable bonds is 2. The van der Waals surface area contributed by atoms with Gasteiger partial charge in [0.05, 0.1) is 6.04 Å². The molecule has 1 aromatic heterocycles. The molecule has 0 spiro atoms. The van der Waals surface area contributed by atoms with Crippen molar-refractivity contribution < 1.29 is 4.79 Å². The summed E-state index contributed by atoms with van der Waals surface area (Å²) in [5, 5.41) is 3.12.